The second-order valence-corrected chi connectivity index (χ2v) is 11.9. The molecule has 2 fully saturated rings. The molecule has 2 aliphatic rings. The molecule has 0 saturated heterocycles. The number of benzene rings is 2. The average Bonchev–Trinajstić information content (AvgIpc) is 3.38. The third-order valence-corrected chi connectivity index (χ3v) is 10.1. The minimum absolute atomic E-state index is 0. The van der Waals surface area contributed by atoms with Crippen molar-refractivity contribution in [2.45, 2.75) is 98.2 Å². The molecule has 4 heteroatoms. The summed E-state index contributed by atoms with van der Waals surface area (Å²) in [5.41, 5.74) is 4.55. The molecule has 2 N–H and O–H groups in total. The fourth-order valence-corrected chi connectivity index (χ4v) is 7.24. The van der Waals surface area contributed by atoms with Crippen LogP contribution in [0.4, 0.5) is 0 Å². The van der Waals surface area contributed by atoms with Crippen molar-refractivity contribution in [3.05, 3.63) is 66.2 Å². The van der Waals surface area contributed by atoms with E-state index in [0.29, 0.717) is 11.8 Å². The first-order valence-electron chi connectivity index (χ1n) is 14.5. The van der Waals surface area contributed by atoms with Crippen LogP contribution in [0.5, 0.6) is 0 Å². The van der Waals surface area contributed by atoms with Crippen LogP contribution in [-0.2, 0) is 20.1 Å². The first-order chi connectivity index (χ1) is 17.7. The Morgan fingerprint density at radius 1 is 0.868 bits per heavy atom. The van der Waals surface area contributed by atoms with Crippen LogP contribution in [0.1, 0.15) is 91.5 Å². The molecule has 1 heterocycles. The number of hydrogen-bond acceptors (Lipinski definition) is 3. The van der Waals surface area contributed by atoms with Crippen LogP contribution in [-0.4, -0.2) is 27.4 Å². The van der Waals surface area contributed by atoms with E-state index in [1.165, 1.54) is 10.9 Å². The Balaban J connectivity index is 0.000000206. The van der Waals surface area contributed by atoms with Crippen molar-refractivity contribution in [2.75, 3.05) is 0 Å². The fraction of sp³-hybridized carbons (Fsp3) is 0.559. The molecule has 0 aliphatic heterocycles. The molecule has 3 aromatic rings. The summed E-state index contributed by atoms with van der Waals surface area (Å²) in [4.78, 5) is 4.76. The quantitative estimate of drug-likeness (QED) is 0.256. The largest absolute Gasteiger partial charge is 0.392 e. The molecule has 209 valence electrons. The van der Waals surface area contributed by atoms with Gasteiger partial charge in [-0.1, -0.05) is 65.8 Å². The van der Waals surface area contributed by atoms with Crippen LogP contribution in [0.25, 0.3) is 22.2 Å². The Hall–Kier alpha value is -1.58. The normalized spacial score (nSPS) is 25.0. The Labute approximate surface area is 243 Å². The van der Waals surface area contributed by atoms with E-state index in [-0.39, 0.29) is 49.1 Å². The number of aliphatic hydroxyl groups is 2. The molecule has 1 aromatic heterocycles. The predicted octanol–water partition coefficient (Wildman–Crippen LogP) is 8.18. The first-order valence-corrected chi connectivity index (χ1v) is 14.5. The predicted molar refractivity (Wildman–Crippen MR) is 154 cm³/mol. The number of aliphatic hydroxyl groups excluding tert-OH is 2. The second kappa shape index (κ2) is 12.7. The maximum atomic E-state index is 10.7. The van der Waals surface area contributed by atoms with E-state index in [0.717, 1.165) is 55.3 Å². The zero-order valence-electron chi connectivity index (χ0n) is 24.0. The summed E-state index contributed by atoms with van der Waals surface area (Å²) in [5, 5.41) is 22.7. The van der Waals surface area contributed by atoms with E-state index >= 15 is 0 Å². The fourth-order valence-electron chi connectivity index (χ4n) is 7.24. The summed E-state index contributed by atoms with van der Waals surface area (Å²) in [6.45, 7) is 13.2. The molecule has 38 heavy (non-hydrogen) atoms. The van der Waals surface area contributed by atoms with Gasteiger partial charge in [-0.15, -0.1) is 35.9 Å². The van der Waals surface area contributed by atoms with Crippen molar-refractivity contribution in [3.8, 4) is 11.3 Å². The maximum absolute atomic E-state index is 10.7. The monoisotopic (exact) mass is 693 g/mol. The van der Waals surface area contributed by atoms with Gasteiger partial charge in [-0.05, 0) is 83.9 Å². The summed E-state index contributed by atoms with van der Waals surface area (Å²) in [7, 11) is 0. The van der Waals surface area contributed by atoms with Crippen molar-refractivity contribution in [2.24, 2.45) is 22.7 Å². The zero-order valence-corrected chi connectivity index (χ0v) is 26.4. The summed E-state index contributed by atoms with van der Waals surface area (Å²) < 4.78 is 0. The van der Waals surface area contributed by atoms with E-state index in [1.807, 2.05) is 24.3 Å². The molecule has 1 radical (unpaired) electrons. The maximum Gasteiger partial charge on any atom is 0.0651 e. The Bertz CT molecular complexity index is 1140. The number of nitrogens with zero attached hydrogens (tertiary/aromatic N) is 1. The standard InChI is InChI=1S/C18H16N.C16H30O2.Ir/c1-13(2)16-9-8-15-10-11-17(19-18(15)12-16)14-6-4-3-5-7-14;1-5-15(6-2)9-11-10-16(7-3,8-4)14(18)12(11)13(15)17;/h3-6,8-13H,1-2H3;11-14,17-18H,5-10H2,1-4H3;/q-1;;. The van der Waals surface area contributed by atoms with Gasteiger partial charge < -0.3 is 10.2 Å². The van der Waals surface area contributed by atoms with Crippen LogP contribution in [0.2, 0.25) is 0 Å². The summed E-state index contributed by atoms with van der Waals surface area (Å²) in [5.74, 6) is 1.19. The smallest absolute Gasteiger partial charge is 0.0651 e. The molecule has 2 aliphatic carbocycles. The van der Waals surface area contributed by atoms with E-state index in [4.69, 9.17) is 4.98 Å². The molecule has 3 nitrogen and oxygen atoms in total. The van der Waals surface area contributed by atoms with Gasteiger partial charge in [-0.25, -0.2) is 0 Å². The number of rotatable bonds is 6. The van der Waals surface area contributed by atoms with Gasteiger partial charge in [0.1, 0.15) is 0 Å². The van der Waals surface area contributed by atoms with Gasteiger partial charge >= 0.3 is 0 Å². The molecular weight excluding hydrogens is 647 g/mol. The Kier molecular flexibility index (Phi) is 10.4. The molecule has 0 amide bonds. The molecule has 0 bridgehead atoms. The van der Waals surface area contributed by atoms with E-state index in [2.05, 4.69) is 77.9 Å². The molecule has 0 spiro atoms. The van der Waals surface area contributed by atoms with Gasteiger partial charge in [0.05, 0.1) is 17.7 Å². The molecular formula is C34H46IrNO2-. The molecule has 5 rings (SSSR count). The van der Waals surface area contributed by atoms with Gasteiger partial charge in [0.15, 0.2) is 0 Å². The minimum Gasteiger partial charge on any atom is -0.392 e. The van der Waals surface area contributed by atoms with Crippen molar-refractivity contribution < 1.29 is 30.3 Å². The molecule has 2 unspecified atom stereocenters. The van der Waals surface area contributed by atoms with Gasteiger partial charge in [0.25, 0.3) is 0 Å². The minimum atomic E-state index is -0.299. The van der Waals surface area contributed by atoms with Crippen molar-refractivity contribution in [3.63, 3.8) is 0 Å². The van der Waals surface area contributed by atoms with Gasteiger partial charge in [0, 0.05) is 26.0 Å². The van der Waals surface area contributed by atoms with Crippen LogP contribution >= 0.6 is 0 Å². The van der Waals surface area contributed by atoms with E-state index < -0.39 is 0 Å². The van der Waals surface area contributed by atoms with Crippen molar-refractivity contribution in [1.82, 2.24) is 4.98 Å². The van der Waals surface area contributed by atoms with Gasteiger partial charge in [-0.3, -0.25) is 4.98 Å². The SMILES string of the molecule is CC(C)c1ccc2ccc(-c3[c-]cccc3)nc2c1.CCC1(CC)CC2CC(CC)(CC)C(O)C2C1O.[Ir]. The molecule has 2 atom stereocenters. The number of pyridine rings is 1. The Morgan fingerprint density at radius 3 is 1.92 bits per heavy atom. The van der Waals surface area contributed by atoms with Crippen LogP contribution in [0, 0.1) is 28.7 Å². The number of fused-ring (bicyclic) bond motifs is 2. The summed E-state index contributed by atoms with van der Waals surface area (Å²) >= 11 is 0. The molecule has 2 aromatic carbocycles. The van der Waals surface area contributed by atoms with Crippen molar-refractivity contribution >= 4 is 10.9 Å². The zero-order chi connectivity index (χ0) is 26.8. The van der Waals surface area contributed by atoms with E-state index in [1.54, 1.807) is 0 Å². The first kappa shape index (κ1) is 31.0. The number of hydrogen-bond donors (Lipinski definition) is 2. The molecule has 2 saturated carbocycles. The van der Waals surface area contributed by atoms with Crippen molar-refractivity contribution in [1.29, 1.82) is 0 Å². The van der Waals surface area contributed by atoms with Gasteiger partial charge in [0.2, 0.25) is 0 Å². The van der Waals surface area contributed by atoms with Crippen LogP contribution in [0.15, 0.2) is 54.6 Å². The van der Waals surface area contributed by atoms with E-state index in [9.17, 15) is 10.2 Å². The second-order valence-electron chi connectivity index (χ2n) is 11.9. The third-order valence-electron chi connectivity index (χ3n) is 10.1. The Morgan fingerprint density at radius 2 is 1.45 bits per heavy atom. The number of aromatic nitrogens is 1. The average molecular weight is 693 g/mol. The third kappa shape index (κ3) is 5.66. The van der Waals surface area contributed by atoms with Crippen LogP contribution < -0.4 is 0 Å². The van der Waals surface area contributed by atoms with Gasteiger partial charge in [-0.2, -0.15) is 0 Å². The topological polar surface area (TPSA) is 53.4 Å². The van der Waals surface area contributed by atoms with Crippen LogP contribution in [0.3, 0.4) is 0 Å². The summed E-state index contributed by atoms with van der Waals surface area (Å²) in [6, 6.07) is 21.9. The summed E-state index contributed by atoms with van der Waals surface area (Å²) in [6.07, 6.45) is 5.78.